The van der Waals surface area contributed by atoms with Crippen LogP contribution in [0.4, 0.5) is 11.4 Å². The average Bonchev–Trinajstić information content (AvgIpc) is 2.83. The Morgan fingerprint density at radius 2 is 2.11 bits per heavy atom. The van der Waals surface area contributed by atoms with Gasteiger partial charge in [0.25, 0.3) is 5.69 Å². The Morgan fingerprint density at radius 3 is 2.83 bits per heavy atom. The second-order valence-corrected chi connectivity index (χ2v) is 3.93. The Kier molecular flexibility index (Phi) is 3.83. The molecule has 0 bridgehead atoms. The SMILES string of the molecule is CNCCCNc1ccc([N+](=O)[O-])c2c1=NCN=2. The summed E-state index contributed by atoms with van der Waals surface area (Å²) in [5, 5.41) is 18.1. The number of nitrogens with one attached hydrogen (secondary N) is 2. The summed E-state index contributed by atoms with van der Waals surface area (Å²) in [5.41, 5.74) is 0.833. The molecule has 0 aliphatic carbocycles. The van der Waals surface area contributed by atoms with Crippen LogP contribution in [-0.4, -0.2) is 31.7 Å². The van der Waals surface area contributed by atoms with Crippen LogP contribution in [0.15, 0.2) is 22.1 Å². The molecule has 1 aliphatic heterocycles. The summed E-state index contributed by atoms with van der Waals surface area (Å²) in [5.74, 6) is 0. The van der Waals surface area contributed by atoms with Gasteiger partial charge in [-0.1, -0.05) is 0 Å². The lowest BCUT2D eigenvalue weighted by molar-refractivity contribution is -0.386. The number of nitro groups is 1. The highest BCUT2D eigenvalue weighted by Crippen LogP contribution is 2.07. The highest BCUT2D eigenvalue weighted by atomic mass is 16.6. The van der Waals surface area contributed by atoms with E-state index in [9.17, 15) is 10.1 Å². The van der Waals surface area contributed by atoms with E-state index in [0.29, 0.717) is 10.7 Å². The fourth-order valence-electron chi connectivity index (χ4n) is 1.84. The molecule has 1 heterocycles. The molecule has 0 aromatic heterocycles. The number of non-ortho nitro benzene ring substituents is 1. The summed E-state index contributed by atoms with van der Waals surface area (Å²) < 4.78 is 0. The predicted octanol–water partition coefficient (Wildman–Crippen LogP) is -0.173. The van der Waals surface area contributed by atoms with Gasteiger partial charge in [0.05, 0.1) is 10.6 Å². The standard InChI is InChI=1S/C11H15N5O2/c1-12-5-2-6-13-8-3-4-9(16(17)18)11-10(8)14-7-15-11/h3-4,12-13H,2,5-7H2,1H3. The van der Waals surface area contributed by atoms with E-state index in [1.165, 1.54) is 6.07 Å². The number of hydrogen-bond acceptors (Lipinski definition) is 6. The molecule has 18 heavy (non-hydrogen) atoms. The number of rotatable bonds is 6. The van der Waals surface area contributed by atoms with Crippen molar-refractivity contribution < 1.29 is 4.92 Å². The number of nitrogens with zero attached hydrogens (tertiary/aromatic N) is 3. The molecule has 7 heteroatoms. The topological polar surface area (TPSA) is 91.9 Å². The fraction of sp³-hybridized carbons (Fsp3) is 0.455. The van der Waals surface area contributed by atoms with Gasteiger partial charge in [-0.15, -0.1) is 0 Å². The van der Waals surface area contributed by atoms with Gasteiger partial charge in [-0.25, -0.2) is 0 Å². The molecule has 2 N–H and O–H groups in total. The van der Waals surface area contributed by atoms with Gasteiger partial charge in [0, 0.05) is 12.6 Å². The van der Waals surface area contributed by atoms with Crippen molar-refractivity contribution in [3.05, 3.63) is 33.0 Å². The molecule has 1 aromatic carbocycles. The Hall–Kier alpha value is -2.02. The first-order valence-corrected chi connectivity index (χ1v) is 5.79. The minimum absolute atomic E-state index is 0.0204. The van der Waals surface area contributed by atoms with Crippen LogP contribution in [0.3, 0.4) is 0 Å². The minimum atomic E-state index is -0.423. The first-order chi connectivity index (χ1) is 8.74. The molecule has 0 fully saturated rings. The quantitative estimate of drug-likeness (QED) is 0.416. The van der Waals surface area contributed by atoms with E-state index < -0.39 is 4.92 Å². The summed E-state index contributed by atoms with van der Waals surface area (Å²) in [6.45, 7) is 1.98. The molecule has 0 atom stereocenters. The normalized spacial score (nSPS) is 12.5. The smallest absolute Gasteiger partial charge is 0.296 e. The van der Waals surface area contributed by atoms with Crippen molar-refractivity contribution in [1.82, 2.24) is 5.32 Å². The fourth-order valence-corrected chi connectivity index (χ4v) is 1.84. The third kappa shape index (κ3) is 2.45. The first kappa shape index (κ1) is 12.4. The van der Waals surface area contributed by atoms with Gasteiger partial charge in [-0.05, 0) is 26.1 Å². The molecular formula is C11H15N5O2. The molecule has 0 saturated carbocycles. The van der Waals surface area contributed by atoms with E-state index in [0.717, 1.165) is 25.2 Å². The van der Waals surface area contributed by atoms with E-state index in [1.54, 1.807) is 6.07 Å². The van der Waals surface area contributed by atoms with Crippen molar-refractivity contribution in [2.24, 2.45) is 9.98 Å². The van der Waals surface area contributed by atoms with E-state index in [-0.39, 0.29) is 12.4 Å². The van der Waals surface area contributed by atoms with Crippen molar-refractivity contribution >= 4 is 11.4 Å². The van der Waals surface area contributed by atoms with E-state index in [1.807, 2.05) is 7.05 Å². The van der Waals surface area contributed by atoms with Crippen molar-refractivity contribution in [3.63, 3.8) is 0 Å². The first-order valence-electron chi connectivity index (χ1n) is 5.79. The molecule has 7 nitrogen and oxygen atoms in total. The van der Waals surface area contributed by atoms with Gasteiger partial charge in [-0.3, -0.25) is 20.1 Å². The summed E-state index contributed by atoms with van der Waals surface area (Å²) >= 11 is 0. The maximum Gasteiger partial charge on any atom is 0.296 e. The van der Waals surface area contributed by atoms with E-state index in [4.69, 9.17) is 0 Å². The molecule has 96 valence electrons. The van der Waals surface area contributed by atoms with Crippen molar-refractivity contribution in [2.75, 3.05) is 32.1 Å². The zero-order valence-corrected chi connectivity index (χ0v) is 10.1. The van der Waals surface area contributed by atoms with Crippen LogP contribution in [0, 0.1) is 10.1 Å². The summed E-state index contributed by atoms with van der Waals surface area (Å²) in [4.78, 5) is 18.7. The molecule has 0 radical (unpaired) electrons. The van der Waals surface area contributed by atoms with Crippen LogP contribution in [0.5, 0.6) is 0 Å². The second-order valence-electron chi connectivity index (χ2n) is 3.93. The molecule has 1 aliphatic rings. The Labute approximate surface area is 104 Å². The van der Waals surface area contributed by atoms with Crippen molar-refractivity contribution in [2.45, 2.75) is 6.42 Å². The highest BCUT2D eigenvalue weighted by Gasteiger charge is 2.15. The molecule has 0 saturated heterocycles. The number of fused-ring (bicyclic) bond motifs is 1. The Bertz CT molecular complexity index is 570. The third-order valence-corrected chi connectivity index (χ3v) is 2.70. The van der Waals surface area contributed by atoms with Crippen LogP contribution >= 0.6 is 0 Å². The van der Waals surface area contributed by atoms with E-state index >= 15 is 0 Å². The number of nitro benzene ring substituents is 1. The summed E-state index contributed by atoms with van der Waals surface area (Å²) in [6, 6.07) is 3.17. The highest BCUT2D eigenvalue weighted by molar-refractivity contribution is 5.48. The van der Waals surface area contributed by atoms with Crippen LogP contribution in [0.25, 0.3) is 0 Å². The molecule has 0 spiro atoms. The minimum Gasteiger partial charge on any atom is -0.383 e. The molecule has 0 amide bonds. The van der Waals surface area contributed by atoms with Gasteiger partial charge in [-0.2, -0.15) is 0 Å². The predicted molar refractivity (Wildman–Crippen MR) is 67.3 cm³/mol. The van der Waals surface area contributed by atoms with Gasteiger partial charge in [0.15, 0.2) is 5.36 Å². The van der Waals surface area contributed by atoms with Gasteiger partial charge in [0.2, 0.25) is 0 Å². The zero-order valence-electron chi connectivity index (χ0n) is 10.1. The maximum absolute atomic E-state index is 10.8. The lowest BCUT2D eigenvalue weighted by Crippen LogP contribution is -2.29. The number of benzene rings is 1. The van der Waals surface area contributed by atoms with Gasteiger partial charge >= 0.3 is 0 Å². The van der Waals surface area contributed by atoms with Crippen LogP contribution in [0.1, 0.15) is 6.42 Å². The van der Waals surface area contributed by atoms with E-state index in [2.05, 4.69) is 20.6 Å². The molecular weight excluding hydrogens is 234 g/mol. The molecule has 1 aromatic rings. The summed E-state index contributed by atoms with van der Waals surface area (Å²) in [7, 11) is 1.90. The Morgan fingerprint density at radius 1 is 1.33 bits per heavy atom. The monoisotopic (exact) mass is 249 g/mol. The number of hydrogen-bond donors (Lipinski definition) is 2. The third-order valence-electron chi connectivity index (χ3n) is 2.70. The molecule has 2 rings (SSSR count). The number of anilines is 1. The van der Waals surface area contributed by atoms with Gasteiger partial charge < -0.3 is 10.6 Å². The second kappa shape index (κ2) is 5.54. The van der Waals surface area contributed by atoms with Crippen LogP contribution in [-0.2, 0) is 0 Å². The Balaban J connectivity index is 2.23. The summed E-state index contributed by atoms with van der Waals surface area (Å²) in [6.07, 6.45) is 0.972. The lowest BCUT2D eigenvalue weighted by atomic mass is 10.2. The van der Waals surface area contributed by atoms with Crippen molar-refractivity contribution in [3.8, 4) is 0 Å². The van der Waals surface area contributed by atoms with Gasteiger partial charge in [0.1, 0.15) is 12.0 Å². The van der Waals surface area contributed by atoms with Crippen molar-refractivity contribution in [1.29, 1.82) is 0 Å². The lowest BCUT2D eigenvalue weighted by Gasteiger charge is -2.05. The molecule has 0 unspecified atom stereocenters. The maximum atomic E-state index is 10.8. The average molecular weight is 249 g/mol. The van der Waals surface area contributed by atoms with Crippen LogP contribution in [0.2, 0.25) is 0 Å². The largest absolute Gasteiger partial charge is 0.383 e. The zero-order chi connectivity index (χ0) is 13.0. The van der Waals surface area contributed by atoms with Crippen LogP contribution < -0.4 is 21.3 Å².